The quantitative estimate of drug-likeness (QED) is 0.397. The number of carbonyl (C=O) groups excluding carboxylic acids is 1. The molecule has 2 nitrogen and oxygen atoms in total. The van der Waals surface area contributed by atoms with E-state index in [-0.39, 0.29) is 16.6 Å². The summed E-state index contributed by atoms with van der Waals surface area (Å²) >= 11 is 3.15. The number of hydrogen-bond donors (Lipinski definition) is 0. The van der Waals surface area contributed by atoms with Gasteiger partial charge in [-0.2, -0.15) is 0 Å². The molecule has 0 N–H and O–H groups in total. The fraction of sp³-hybridized carbons (Fsp3) is 0.222. The summed E-state index contributed by atoms with van der Waals surface area (Å²) in [4.78, 5) is 10.7. The molecule has 0 saturated carbocycles. The van der Waals surface area contributed by atoms with Crippen LogP contribution in [0.1, 0.15) is 5.56 Å². The molecule has 4 heteroatoms. The zero-order valence-electron chi connectivity index (χ0n) is 6.59. The van der Waals surface area contributed by atoms with E-state index in [0.717, 1.165) is 5.56 Å². The molecule has 1 aliphatic heterocycles. The van der Waals surface area contributed by atoms with Crippen molar-refractivity contribution in [2.75, 3.05) is 0 Å². The number of benzene rings is 1. The van der Waals surface area contributed by atoms with Crippen LogP contribution in [-0.2, 0) is 11.2 Å². The topological polar surface area (TPSA) is 26.3 Å². The minimum Gasteiger partial charge on any atom is -0.425 e. The molecular weight excluding hydrogens is 239 g/mol. The summed E-state index contributed by atoms with van der Waals surface area (Å²) in [5, 5.41) is 0. The van der Waals surface area contributed by atoms with Crippen LogP contribution < -0.4 is 4.74 Å². The molecule has 1 heterocycles. The van der Waals surface area contributed by atoms with Gasteiger partial charge in [-0.15, -0.1) is 0 Å². The predicted molar refractivity (Wildman–Crippen MR) is 48.5 cm³/mol. The Bertz CT molecular complexity index is 365. The lowest BCUT2D eigenvalue weighted by Crippen LogP contribution is -2.27. The van der Waals surface area contributed by atoms with E-state index < -0.39 is 0 Å². The van der Waals surface area contributed by atoms with Gasteiger partial charge in [-0.05, 0) is 30.2 Å². The van der Waals surface area contributed by atoms with Crippen molar-refractivity contribution < 1.29 is 13.9 Å². The third-order valence-corrected chi connectivity index (χ3v) is 2.59. The summed E-state index contributed by atoms with van der Waals surface area (Å²) in [6.45, 7) is 0. The van der Waals surface area contributed by atoms with Crippen LogP contribution in [0.3, 0.4) is 0 Å². The molecule has 0 bridgehead atoms. The van der Waals surface area contributed by atoms with Crippen LogP contribution in [-0.4, -0.2) is 10.8 Å². The van der Waals surface area contributed by atoms with Gasteiger partial charge < -0.3 is 4.74 Å². The first-order valence-corrected chi connectivity index (χ1v) is 4.72. The molecule has 1 aromatic carbocycles. The maximum absolute atomic E-state index is 12.8. The van der Waals surface area contributed by atoms with Crippen LogP contribution in [0, 0.1) is 5.82 Å². The molecule has 0 amide bonds. The van der Waals surface area contributed by atoms with Gasteiger partial charge in [0.2, 0.25) is 0 Å². The Morgan fingerprint density at radius 1 is 1.54 bits per heavy atom. The van der Waals surface area contributed by atoms with E-state index in [2.05, 4.69) is 15.9 Å². The van der Waals surface area contributed by atoms with Crippen LogP contribution in [0.5, 0.6) is 5.75 Å². The van der Waals surface area contributed by atoms with Crippen molar-refractivity contribution in [1.82, 2.24) is 0 Å². The van der Waals surface area contributed by atoms with Crippen LogP contribution in [0.2, 0.25) is 0 Å². The summed E-state index contributed by atoms with van der Waals surface area (Å²) in [6, 6.07) is 4.14. The molecule has 0 saturated heterocycles. The maximum atomic E-state index is 12.8. The second kappa shape index (κ2) is 3.10. The molecule has 0 fully saturated rings. The van der Waals surface area contributed by atoms with Gasteiger partial charge in [-0.25, -0.2) is 4.39 Å². The molecule has 0 radical (unpaired) electrons. The third-order valence-electron chi connectivity index (χ3n) is 1.89. The highest BCUT2D eigenvalue weighted by molar-refractivity contribution is 9.10. The average Bonchev–Trinajstić information content (AvgIpc) is 2.08. The van der Waals surface area contributed by atoms with Crippen LogP contribution in [0.4, 0.5) is 4.39 Å². The van der Waals surface area contributed by atoms with Crippen molar-refractivity contribution in [3.05, 3.63) is 29.6 Å². The number of carbonyl (C=O) groups is 1. The van der Waals surface area contributed by atoms with Crippen LogP contribution >= 0.6 is 15.9 Å². The highest BCUT2D eigenvalue weighted by Gasteiger charge is 2.25. The van der Waals surface area contributed by atoms with Crippen molar-refractivity contribution in [2.24, 2.45) is 0 Å². The van der Waals surface area contributed by atoms with Gasteiger partial charge in [-0.1, -0.05) is 15.9 Å². The zero-order chi connectivity index (χ0) is 9.42. The molecule has 0 aliphatic carbocycles. The molecule has 1 aromatic rings. The molecule has 2 rings (SSSR count). The molecule has 1 aliphatic rings. The Balaban J connectivity index is 2.42. The number of alkyl halides is 1. The van der Waals surface area contributed by atoms with E-state index in [0.29, 0.717) is 12.2 Å². The molecule has 13 heavy (non-hydrogen) atoms. The summed E-state index contributed by atoms with van der Waals surface area (Å²) in [5.74, 6) is -0.169. The van der Waals surface area contributed by atoms with E-state index in [1.165, 1.54) is 18.2 Å². The van der Waals surface area contributed by atoms with Crippen LogP contribution in [0.15, 0.2) is 18.2 Å². The first-order valence-electron chi connectivity index (χ1n) is 3.81. The highest BCUT2D eigenvalue weighted by Crippen LogP contribution is 2.28. The minimum absolute atomic E-state index is 0.309. The first-order chi connectivity index (χ1) is 6.16. The molecule has 68 valence electrons. The number of ether oxygens (including phenoxy) is 1. The van der Waals surface area contributed by atoms with E-state index >= 15 is 0 Å². The number of hydrogen-bond acceptors (Lipinski definition) is 2. The second-order valence-corrected chi connectivity index (χ2v) is 3.95. The summed E-state index contributed by atoms with van der Waals surface area (Å²) in [7, 11) is 0. The third kappa shape index (κ3) is 1.58. The number of halogens is 2. The predicted octanol–water partition coefficient (Wildman–Crippen LogP) is 2.05. The van der Waals surface area contributed by atoms with Gasteiger partial charge >= 0.3 is 5.97 Å². The van der Waals surface area contributed by atoms with Crippen molar-refractivity contribution in [2.45, 2.75) is 11.2 Å². The Hall–Kier alpha value is -0.900. The van der Waals surface area contributed by atoms with Gasteiger partial charge in [-0.3, -0.25) is 4.79 Å². The summed E-state index contributed by atoms with van der Waals surface area (Å²) in [6.07, 6.45) is 0.478. The molecule has 0 aromatic heterocycles. The van der Waals surface area contributed by atoms with Crippen molar-refractivity contribution in [3.63, 3.8) is 0 Å². The number of fused-ring (bicyclic) bond motifs is 1. The molecule has 0 spiro atoms. The molecule has 1 atom stereocenters. The summed E-state index contributed by atoms with van der Waals surface area (Å²) < 4.78 is 17.7. The Morgan fingerprint density at radius 3 is 3.08 bits per heavy atom. The largest absolute Gasteiger partial charge is 0.425 e. The minimum atomic E-state index is -0.359. The van der Waals surface area contributed by atoms with Gasteiger partial charge in [0.25, 0.3) is 0 Å². The first kappa shape index (κ1) is 8.69. The molecule has 1 unspecified atom stereocenters. The Kier molecular flexibility index (Phi) is 2.07. The number of rotatable bonds is 0. The van der Waals surface area contributed by atoms with E-state index in [1.54, 1.807) is 0 Å². The zero-order valence-corrected chi connectivity index (χ0v) is 8.17. The second-order valence-electron chi connectivity index (χ2n) is 2.84. The fourth-order valence-corrected chi connectivity index (χ4v) is 1.70. The average molecular weight is 245 g/mol. The van der Waals surface area contributed by atoms with E-state index in [4.69, 9.17) is 4.74 Å². The monoisotopic (exact) mass is 244 g/mol. The lowest BCUT2D eigenvalue weighted by Gasteiger charge is -2.18. The van der Waals surface area contributed by atoms with Crippen molar-refractivity contribution >= 4 is 21.9 Å². The number of esters is 1. The highest BCUT2D eigenvalue weighted by atomic mass is 79.9. The molecular formula is C9H6BrFO2. The van der Waals surface area contributed by atoms with Crippen LogP contribution in [0.25, 0.3) is 0 Å². The summed E-state index contributed by atoms with van der Waals surface area (Å²) in [5.41, 5.74) is 0.724. The lowest BCUT2D eigenvalue weighted by molar-refractivity contribution is -0.134. The Morgan fingerprint density at radius 2 is 2.31 bits per heavy atom. The van der Waals surface area contributed by atoms with E-state index in [1.807, 2.05) is 0 Å². The van der Waals surface area contributed by atoms with Gasteiger partial charge in [0.05, 0.1) is 0 Å². The lowest BCUT2D eigenvalue weighted by atomic mass is 10.1. The van der Waals surface area contributed by atoms with E-state index in [9.17, 15) is 9.18 Å². The van der Waals surface area contributed by atoms with Gasteiger partial charge in [0.15, 0.2) is 0 Å². The fourth-order valence-electron chi connectivity index (χ4n) is 1.26. The standard InChI is InChI=1S/C9H6BrFO2/c10-7-4-5-3-6(11)1-2-8(5)13-9(7)12/h1-3,7H,4H2. The van der Waals surface area contributed by atoms with Crippen molar-refractivity contribution in [1.29, 1.82) is 0 Å². The van der Waals surface area contributed by atoms with Gasteiger partial charge in [0, 0.05) is 0 Å². The Labute approximate surface area is 82.8 Å². The smallest absolute Gasteiger partial charge is 0.325 e. The maximum Gasteiger partial charge on any atom is 0.325 e. The van der Waals surface area contributed by atoms with Gasteiger partial charge in [0.1, 0.15) is 16.4 Å². The SMILES string of the molecule is O=C1Oc2ccc(F)cc2CC1Br. The van der Waals surface area contributed by atoms with Crippen molar-refractivity contribution in [3.8, 4) is 5.75 Å². The normalized spacial score (nSPS) is 20.8.